The molecule has 0 saturated heterocycles. The van der Waals surface area contributed by atoms with E-state index in [9.17, 15) is 4.79 Å². The molecule has 4 heteroatoms. The molecule has 1 atom stereocenters. The zero-order valence-electron chi connectivity index (χ0n) is 12.7. The van der Waals surface area contributed by atoms with Crippen LogP contribution in [0.4, 0.5) is 0 Å². The summed E-state index contributed by atoms with van der Waals surface area (Å²) in [6.45, 7) is 4.11. The van der Waals surface area contributed by atoms with Gasteiger partial charge in [0.2, 0.25) is 0 Å². The first-order chi connectivity index (χ1) is 10.6. The highest BCUT2D eigenvalue weighted by Gasteiger charge is 2.27. The maximum Gasteiger partial charge on any atom is 0.166 e. The number of fused-ring (bicyclic) bond motifs is 3. The van der Waals surface area contributed by atoms with E-state index in [1.54, 1.807) is 6.20 Å². The number of nitrogens with zero attached hydrogens (tertiary/aromatic N) is 3. The van der Waals surface area contributed by atoms with Crippen molar-refractivity contribution in [3.63, 3.8) is 0 Å². The number of benzene rings is 1. The van der Waals surface area contributed by atoms with Crippen molar-refractivity contribution in [1.29, 1.82) is 0 Å². The van der Waals surface area contributed by atoms with E-state index in [2.05, 4.69) is 29.1 Å². The summed E-state index contributed by atoms with van der Waals surface area (Å²) in [4.78, 5) is 16.8. The molecule has 0 N–H and O–H groups in total. The molecule has 0 bridgehead atoms. The molecule has 0 amide bonds. The van der Waals surface area contributed by atoms with Gasteiger partial charge in [0.05, 0.1) is 17.0 Å². The smallest absolute Gasteiger partial charge is 0.166 e. The van der Waals surface area contributed by atoms with Crippen LogP contribution in [-0.4, -0.2) is 20.4 Å². The van der Waals surface area contributed by atoms with Gasteiger partial charge in [0.15, 0.2) is 11.4 Å². The minimum atomic E-state index is 0.178. The predicted octanol–water partition coefficient (Wildman–Crippen LogP) is 3.47. The lowest BCUT2D eigenvalue weighted by Crippen LogP contribution is -2.21. The summed E-state index contributed by atoms with van der Waals surface area (Å²) in [5.74, 6) is 0.535. The topological polar surface area (TPSA) is 47.3 Å². The van der Waals surface area contributed by atoms with Crippen molar-refractivity contribution in [2.75, 3.05) is 0 Å². The average molecular weight is 291 g/mol. The fourth-order valence-corrected chi connectivity index (χ4v) is 3.34. The number of hydrogen-bond donors (Lipinski definition) is 0. The number of carbonyl (C=O) groups is 1. The standard InChI is InChI=1S/C18H17N3O/c1-11-8-15-14(16(22)9-11)10-19-18-17(12(2)20-21(15)18)13-6-4-3-5-7-13/h3-7,10-11H,8-9H2,1-2H3/t11-/m1/s1. The Morgan fingerprint density at radius 3 is 2.73 bits per heavy atom. The van der Waals surface area contributed by atoms with E-state index in [4.69, 9.17) is 0 Å². The Balaban J connectivity index is 2.01. The zero-order valence-corrected chi connectivity index (χ0v) is 12.7. The van der Waals surface area contributed by atoms with Crippen molar-refractivity contribution in [2.45, 2.75) is 26.7 Å². The van der Waals surface area contributed by atoms with Gasteiger partial charge in [-0.1, -0.05) is 37.3 Å². The summed E-state index contributed by atoms with van der Waals surface area (Å²) in [7, 11) is 0. The molecule has 0 fully saturated rings. The number of aromatic nitrogens is 3. The summed E-state index contributed by atoms with van der Waals surface area (Å²) in [6, 6.07) is 10.2. The lowest BCUT2D eigenvalue weighted by molar-refractivity contribution is 0.0951. The van der Waals surface area contributed by atoms with Gasteiger partial charge < -0.3 is 0 Å². The van der Waals surface area contributed by atoms with E-state index < -0.39 is 0 Å². The van der Waals surface area contributed by atoms with E-state index in [0.717, 1.165) is 40.1 Å². The second kappa shape index (κ2) is 4.77. The van der Waals surface area contributed by atoms with Crippen LogP contribution in [0.25, 0.3) is 16.8 Å². The summed E-state index contributed by atoms with van der Waals surface area (Å²) in [5.41, 5.74) is 5.67. The van der Waals surface area contributed by atoms with Gasteiger partial charge in [0, 0.05) is 18.2 Å². The number of aryl methyl sites for hydroxylation is 1. The SMILES string of the molecule is Cc1nn2c3c(cnc2c1-c1ccccc1)C(=O)C[C@H](C)C3. The van der Waals surface area contributed by atoms with Crippen molar-refractivity contribution in [3.05, 3.63) is 53.5 Å². The van der Waals surface area contributed by atoms with Crippen LogP contribution in [0, 0.1) is 12.8 Å². The van der Waals surface area contributed by atoms with E-state index in [-0.39, 0.29) is 5.78 Å². The Hall–Kier alpha value is -2.49. The van der Waals surface area contributed by atoms with Gasteiger partial charge in [-0.2, -0.15) is 5.10 Å². The van der Waals surface area contributed by atoms with Crippen molar-refractivity contribution in [3.8, 4) is 11.1 Å². The van der Waals surface area contributed by atoms with Gasteiger partial charge in [-0.05, 0) is 24.8 Å². The van der Waals surface area contributed by atoms with Crippen LogP contribution >= 0.6 is 0 Å². The molecule has 22 heavy (non-hydrogen) atoms. The summed E-state index contributed by atoms with van der Waals surface area (Å²) in [6.07, 6.45) is 3.20. The molecule has 0 saturated carbocycles. The number of rotatable bonds is 1. The van der Waals surface area contributed by atoms with Crippen LogP contribution in [-0.2, 0) is 6.42 Å². The fourth-order valence-electron chi connectivity index (χ4n) is 3.34. The Labute approximate surface area is 128 Å². The predicted molar refractivity (Wildman–Crippen MR) is 85.0 cm³/mol. The monoisotopic (exact) mass is 291 g/mol. The van der Waals surface area contributed by atoms with Gasteiger partial charge >= 0.3 is 0 Å². The molecule has 4 nitrogen and oxygen atoms in total. The maximum atomic E-state index is 12.2. The fraction of sp³-hybridized carbons (Fsp3) is 0.278. The molecule has 2 aromatic heterocycles. The van der Waals surface area contributed by atoms with Crippen LogP contribution in [0.2, 0.25) is 0 Å². The number of carbonyl (C=O) groups excluding carboxylic acids is 1. The lowest BCUT2D eigenvalue weighted by Gasteiger charge is -2.20. The highest BCUT2D eigenvalue weighted by molar-refractivity contribution is 5.98. The van der Waals surface area contributed by atoms with E-state index in [0.29, 0.717) is 12.3 Å². The first-order valence-electron chi connectivity index (χ1n) is 7.61. The van der Waals surface area contributed by atoms with Crippen LogP contribution in [0.3, 0.4) is 0 Å². The molecule has 0 unspecified atom stereocenters. The van der Waals surface area contributed by atoms with Crippen molar-refractivity contribution in [1.82, 2.24) is 14.6 Å². The molecule has 1 aliphatic carbocycles. The second-order valence-electron chi connectivity index (χ2n) is 6.12. The van der Waals surface area contributed by atoms with Crippen LogP contribution in [0.15, 0.2) is 36.5 Å². The first-order valence-corrected chi connectivity index (χ1v) is 7.61. The molecule has 1 aromatic carbocycles. The molecule has 4 rings (SSSR count). The Kier molecular flexibility index (Phi) is 2.86. The molecule has 110 valence electrons. The zero-order chi connectivity index (χ0) is 15.3. The Morgan fingerprint density at radius 2 is 1.95 bits per heavy atom. The summed E-state index contributed by atoms with van der Waals surface area (Å²) < 4.78 is 1.88. The maximum absolute atomic E-state index is 12.2. The molecule has 3 aromatic rings. The quantitative estimate of drug-likeness (QED) is 0.689. The van der Waals surface area contributed by atoms with Crippen LogP contribution in [0.5, 0.6) is 0 Å². The van der Waals surface area contributed by atoms with Crippen LogP contribution in [0.1, 0.15) is 35.1 Å². The number of hydrogen-bond acceptors (Lipinski definition) is 3. The first kappa shape index (κ1) is 13.2. The highest BCUT2D eigenvalue weighted by Crippen LogP contribution is 2.31. The summed E-state index contributed by atoms with van der Waals surface area (Å²) >= 11 is 0. The molecule has 1 aliphatic rings. The molecule has 0 aliphatic heterocycles. The van der Waals surface area contributed by atoms with Crippen molar-refractivity contribution < 1.29 is 4.79 Å². The van der Waals surface area contributed by atoms with E-state index in [1.165, 1.54) is 0 Å². The normalized spacial score (nSPS) is 17.7. The molecular formula is C18H17N3O. The second-order valence-corrected chi connectivity index (χ2v) is 6.12. The molecular weight excluding hydrogens is 274 g/mol. The largest absolute Gasteiger partial charge is 0.294 e. The molecule has 0 spiro atoms. The van der Waals surface area contributed by atoms with Gasteiger partial charge in [-0.3, -0.25) is 4.79 Å². The third-order valence-corrected chi connectivity index (χ3v) is 4.36. The Bertz CT molecular complexity index is 880. The van der Waals surface area contributed by atoms with Crippen molar-refractivity contribution >= 4 is 11.4 Å². The van der Waals surface area contributed by atoms with Crippen molar-refractivity contribution in [2.24, 2.45) is 5.92 Å². The van der Waals surface area contributed by atoms with Crippen LogP contribution < -0.4 is 0 Å². The number of Topliss-reactive ketones (excluding diaryl/α,β-unsaturated/α-hetero) is 1. The highest BCUT2D eigenvalue weighted by atomic mass is 16.1. The third-order valence-electron chi connectivity index (χ3n) is 4.36. The van der Waals surface area contributed by atoms with Gasteiger partial charge in [-0.15, -0.1) is 0 Å². The Morgan fingerprint density at radius 1 is 1.18 bits per heavy atom. The average Bonchev–Trinajstić information content (AvgIpc) is 2.84. The summed E-state index contributed by atoms with van der Waals surface area (Å²) in [5, 5.41) is 4.67. The van der Waals surface area contributed by atoms with E-state index >= 15 is 0 Å². The van der Waals surface area contributed by atoms with Gasteiger partial charge in [0.25, 0.3) is 0 Å². The lowest BCUT2D eigenvalue weighted by atomic mass is 9.88. The molecule has 0 radical (unpaired) electrons. The van der Waals surface area contributed by atoms with Gasteiger partial charge in [-0.25, -0.2) is 9.50 Å². The van der Waals surface area contributed by atoms with Gasteiger partial charge in [0.1, 0.15) is 0 Å². The molecule has 2 heterocycles. The van der Waals surface area contributed by atoms with E-state index in [1.807, 2.05) is 29.6 Å². The third kappa shape index (κ3) is 1.87. The minimum Gasteiger partial charge on any atom is -0.294 e. The number of ketones is 1. The minimum absolute atomic E-state index is 0.178.